The van der Waals surface area contributed by atoms with Gasteiger partial charge in [0.1, 0.15) is 5.78 Å². The van der Waals surface area contributed by atoms with Crippen molar-refractivity contribution >= 4 is 11.8 Å². The lowest BCUT2D eigenvalue weighted by Gasteiger charge is -2.01. The van der Waals surface area contributed by atoms with Crippen LogP contribution in [0.1, 0.15) is 42.1 Å². The highest BCUT2D eigenvalue weighted by Crippen LogP contribution is 2.07. The molecule has 0 atom stereocenters. The molecule has 3 heteroatoms. The Kier molecular flexibility index (Phi) is 4.70. The molecule has 86 valence electrons. The van der Waals surface area contributed by atoms with Gasteiger partial charge >= 0.3 is 5.97 Å². The fourth-order valence-electron chi connectivity index (χ4n) is 1.46. The van der Waals surface area contributed by atoms with Crippen LogP contribution in [0.25, 0.3) is 0 Å². The van der Waals surface area contributed by atoms with E-state index in [0.717, 1.165) is 18.4 Å². The van der Waals surface area contributed by atoms with Crippen molar-refractivity contribution in [1.29, 1.82) is 0 Å². The van der Waals surface area contributed by atoms with E-state index in [-0.39, 0.29) is 11.3 Å². The summed E-state index contributed by atoms with van der Waals surface area (Å²) in [5.74, 6) is -0.728. The monoisotopic (exact) mass is 220 g/mol. The van der Waals surface area contributed by atoms with Gasteiger partial charge in [-0.25, -0.2) is 4.79 Å². The number of carbonyl (C=O) groups is 2. The van der Waals surface area contributed by atoms with Crippen molar-refractivity contribution in [2.75, 3.05) is 0 Å². The number of rotatable bonds is 6. The molecule has 1 rings (SSSR count). The van der Waals surface area contributed by atoms with E-state index in [0.29, 0.717) is 12.8 Å². The molecule has 0 bridgehead atoms. The number of benzene rings is 1. The van der Waals surface area contributed by atoms with Crippen molar-refractivity contribution in [3.05, 3.63) is 35.4 Å². The Morgan fingerprint density at radius 2 is 1.81 bits per heavy atom. The molecule has 1 aromatic rings. The van der Waals surface area contributed by atoms with Gasteiger partial charge in [-0.05, 0) is 24.1 Å². The molecule has 0 amide bonds. The zero-order chi connectivity index (χ0) is 12.0. The summed E-state index contributed by atoms with van der Waals surface area (Å²) in [5.41, 5.74) is 1.14. The van der Waals surface area contributed by atoms with Gasteiger partial charge in [0.15, 0.2) is 0 Å². The number of hydrogen-bond donors (Lipinski definition) is 1. The summed E-state index contributed by atoms with van der Waals surface area (Å²) in [4.78, 5) is 22.1. The third-order valence-electron chi connectivity index (χ3n) is 2.41. The Morgan fingerprint density at radius 3 is 2.31 bits per heavy atom. The Morgan fingerprint density at radius 1 is 1.19 bits per heavy atom. The minimum atomic E-state index is -0.941. The van der Waals surface area contributed by atoms with Crippen LogP contribution in [0.4, 0.5) is 0 Å². The number of hydrogen-bond acceptors (Lipinski definition) is 2. The molecule has 1 aromatic carbocycles. The number of carboxylic acid groups (broad SMARTS) is 1. The van der Waals surface area contributed by atoms with Crippen LogP contribution in [0.2, 0.25) is 0 Å². The first-order chi connectivity index (χ1) is 7.63. The van der Waals surface area contributed by atoms with Gasteiger partial charge in [0.25, 0.3) is 0 Å². The number of Topliss-reactive ketones (excluding diaryl/α,β-unsaturated/α-hetero) is 1. The second-order valence-corrected chi connectivity index (χ2v) is 3.82. The first-order valence-electron chi connectivity index (χ1n) is 5.47. The van der Waals surface area contributed by atoms with Gasteiger partial charge in [0.2, 0.25) is 0 Å². The van der Waals surface area contributed by atoms with Gasteiger partial charge in [0, 0.05) is 12.8 Å². The standard InChI is InChI=1S/C13H16O3/c1-2-3-4-12(14)9-10-5-7-11(8-6-10)13(15)16/h5-8H,2-4,9H2,1H3,(H,15,16). The largest absolute Gasteiger partial charge is 0.478 e. The van der Waals surface area contributed by atoms with E-state index in [9.17, 15) is 9.59 Å². The highest BCUT2D eigenvalue weighted by Gasteiger charge is 2.05. The van der Waals surface area contributed by atoms with Gasteiger partial charge in [-0.3, -0.25) is 4.79 Å². The second kappa shape index (κ2) is 6.05. The van der Waals surface area contributed by atoms with E-state index >= 15 is 0 Å². The summed E-state index contributed by atoms with van der Waals surface area (Å²) in [6, 6.07) is 6.47. The van der Waals surface area contributed by atoms with Crippen molar-refractivity contribution in [1.82, 2.24) is 0 Å². The van der Waals surface area contributed by atoms with E-state index < -0.39 is 5.97 Å². The molecule has 1 N–H and O–H groups in total. The first-order valence-corrected chi connectivity index (χ1v) is 5.47. The van der Waals surface area contributed by atoms with Crippen molar-refractivity contribution < 1.29 is 14.7 Å². The molecule has 0 heterocycles. The summed E-state index contributed by atoms with van der Waals surface area (Å²) in [6.45, 7) is 2.05. The minimum Gasteiger partial charge on any atom is -0.478 e. The number of ketones is 1. The van der Waals surface area contributed by atoms with Gasteiger partial charge in [0.05, 0.1) is 5.56 Å². The van der Waals surface area contributed by atoms with E-state index in [1.54, 1.807) is 12.1 Å². The summed E-state index contributed by atoms with van der Waals surface area (Å²) in [5, 5.41) is 8.71. The van der Waals surface area contributed by atoms with Gasteiger partial charge in [-0.2, -0.15) is 0 Å². The number of carboxylic acids is 1. The summed E-state index contributed by atoms with van der Waals surface area (Å²) in [6.07, 6.45) is 2.95. The molecular weight excluding hydrogens is 204 g/mol. The van der Waals surface area contributed by atoms with Crippen molar-refractivity contribution in [3.8, 4) is 0 Å². The van der Waals surface area contributed by atoms with Gasteiger partial charge in [-0.1, -0.05) is 25.5 Å². The topological polar surface area (TPSA) is 54.4 Å². The van der Waals surface area contributed by atoms with Crippen molar-refractivity contribution in [3.63, 3.8) is 0 Å². The molecule has 0 radical (unpaired) electrons. The molecule has 0 aromatic heterocycles. The molecule has 0 saturated carbocycles. The SMILES string of the molecule is CCCCC(=O)Cc1ccc(C(=O)O)cc1. The predicted octanol–water partition coefficient (Wildman–Crippen LogP) is 2.69. The van der Waals surface area contributed by atoms with Crippen LogP contribution in [0.3, 0.4) is 0 Å². The molecule has 16 heavy (non-hydrogen) atoms. The van der Waals surface area contributed by atoms with Crippen LogP contribution in [0, 0.1) is 0 Å². The van der Waals surface area contributed by atoms with E-state index in [1.807, 2.05) is 0 Å². The fraction of sp³-hybridized carbons (Fsp3) is 0.385. The molecule has 0 aliphatic carbocycles. The summed E-state index contributed by atoms with van der Waals surface area (Å²) >= 11 is 0. The average molecular weight is 220 g/mol. The third-order valence-corrected chi connectivity index (χ3v) is 2.41. The van der Waals surface area contributed by atoms with Crippen LogP contribution in [0.15, 0.2) is 24.3 Å². The van der Waals surface area contributed by atoms with Crippen LogP contribution in [-0.4, -0.2) is 16.9 Å². The smallest absolute Gasteiger partial charge is 0.335 e. The second-order valence-electron chi connectivity index (χ2n) is 3.82. The average Bonchev–Trinajstić information content (AvgIpc) is 2.27. The lowest BCUT2D eigenvalue weighted by molar-refractivity contribution is -0.118. The predicted molar refractivity (Wildman–Crippen MR) is 61.6 cm³/mol. The molecule has 0 unspecified atom stereocenters. The van der Waals surface area contributed by atoms with Gasteiger partial charge < -0.3 is 5.11 Å². The lowest BCUT2D eigenvalue weighted by Crippen LogP contribution is -2.03. The highest BCUT2D eigenvalue weighted by molar-refractivity contribution is 5.88. The van der Waals surface area contributed by atoms with E-state index in [4.69, 9.17) is 5.11 Å². The minimum absolute atomic E-state index is 0.213. The summed E-state index contributed by atoms with van der Waals surface area (Å²) < 4.78 is 0. The van der Waals surface area contributed by atoms with Crippen LogP contribution >= 0.6 is 0 Å². The number of aromatic carboxylic acids is 1. The summed E-state index contributed by atoms with van der Waals surface area (Å²) in [7, 11) is 0. The molecule has 3 nitrogen and oxygen atoms in total. The maximum atomic E-state index is 11.5. The molecule has 0 spiro atoms. The quantitative estimate of drug-likeness (QED) is 0.801. The zero-order valence-corrected chi connectivity index (χ0v) is 9.40. The Bertz CT molecular complexity index is 365. The maximum absolute atomic E-state index is 11.5. The van der Waals surface area contributed by atoms with E-state index in [2.05, 4.69) is 6.92 Å². The van der Waals surface area contributed by atoms with Crippen LogP contribution < -0.4 is 0 Å². The lowest BCUT2D eigenvalue weighted by atomic mass is 10.0. The Hall–Kier alpha value is -1.64. The first kappa shape index (κ1) is 12.4. The highest BCUT2D eigenvalue weighted by atomic mass is 16.4. The Labute approximate surface area is 95.1 Å². The normalized spacial score (nSPS) is 10.1. The third kappa shape index (κ3) is 3.85. The number of unbranched alkanes of at least 4 members (excludes halogenated alkanes) is 1. The van der Waals surface area contributed by atoms with Gasteiger partial charge in [-0.15, -0.1) is 0 Å². The molecular formula is C13H16O3. The Balaban J connectivity index is 2.55. The molecule has 0 aliphatic heterocycles. The molecule has 0 saturated heterocycles. The fourth-order valence-corrected chi connectivity index (χ4v) is 1.46. The van der Waals surface area contributed by atoms with Crippen LogP contribution in [-0.2, 0) is 11.2 Å². The van der Waals surface area contributed by atoms with Crippen molar-refractivity contribution in [2.24, 2.45) is 0 Å². The zero-order valence-electron chi connectivity index (χ0n) is 9.40. The molecule has 0 aliphatic rings. The van der Waals surface area contributed by atoms with Crippen molar-refractivity contribution in [2.45, 2.75) is 32.6 Å². The molecule has 0 fully saturated rings. The number of carbonyl (C=O) groups excluding carboxylic acids is 1. The van der Waals surface area contributed by atoms with E-state index in [1.165, 1.54) is 12.1 Å². The van der Waals surface area contributed by atoms with Crippen LogP contribution in [0.5, 0.6) is 0 Å². The maximum Gasteiger partial charge on any atom is 0.335 e.